The first-order chi connectivity index (χ1) is 15.7. The van der Waals surface area contributed by atoms with Crippen molar-refractivity contribution < 1.29 is 27.2 Å². The molecule has 0 N–H and O–H groups in total. The topological polar surface area (TPSA) is 98.8 Å². The molecule has 1 amide bonds. The third kappa shape index (κ3) is 5.34. The minimum absolute atomic E-state index is 0.00286. The summed E-state index contributed by atoms with van der Waals surface area (Å²) in [5.41, 5.74) is 2.05. The van der Waals surface area contributed by atoms with E-state index < -0.39 is 15.8 Å². The molecule has 0 radical (unpaired) electrons. The van der Waals surface area contributed by atoms with Crippen molar-refractivity contribution in [2.45, 2.75) is 71.0 Å². The fourth-order valence-electron chi connectivity index (χ4n) is 5.15. The molecular weight excluding hydrogens is 444 g/mol. The largest absolute Gasteiger partial charge is 0.467 e. The monoisotopic (exact) mass is 476 g/mol. The first kappa shape index (κ1) is 23.6. The number of rotatable bonds is 7. The molecule has 9 heteroatoms. The number of hydrogen-bond donors (Lipinski definition) is 0. The molecule has 8 nitrogen and oxygen atoms in total. The molecular formula is C24H32N2O6S. The molecule has 33 heavy (non-hydrogen) atoms. The van der Waals surface area contributed by atoms with Gasteiger partial charge in [0.25, 0.3) is 5.91 Å². The molecule has 3 heterocycles. The Hall–Kier alpha value is -2.55. The van der Waals surface area contributed by atoms with Crippen molar-refractivity contribution in [2.75, 3.05) is 18.1 Å². The number of aryl methyl sites for hydroxylation is 1. The van der Waals surface area contributed by atoms with Crippen molar-refractivity contribution in [2.24, 2.45) is 0 Å². The van der Waals surface area contributed by atoms with Crippen molar-refractivity contribution in [1.29, 1.82) is 0 Å². The molecule has 4 rings (SSSR count). The number of carbonyl (C=O) groups is 2. The molecule has 0 aromatic carbocycles. The zero-order valence-electron chi connectivity index (χ0n) is 19.3. The summed E-state index contributed by atoms with van der Waals surface area (Å²) < 4.78 is 36.9. The zero-order valence-corrected chi connectivity index (χ0v) is 20.1. The number of nitrogens with zero attached hydrogens (tertiary/aromatic N) is 2. The van der Waals surface area contributed by atoms with Gasteiger partial charge >= 0.3 is 5.97 Å². The highest BCUT2D eigenvalue weighted by molar-refractivity contribution is 7.91. The van der Waals surface area contributed by atoms with Gasteiger partial charge in [-0.1, -0.05) is 19.3 Å². The van der Waals surface area contributed by atoms with Gasteiger partial charge in [0.2, 0.25) is 0 Å². The normalized spacial score (nSPS) is 20.6. The number of aromatic nitrogens is 1. The Kier molecular flexibility index (Phi) is 6.97. The number of sulfone groups is 1. The molecule has 2 aliphatic rings. The third-order valence-electron chi connectivity index (χ3n) is 6.87. The molecule has 1 saturated heterocycles. The molecule has 1 saturated carbocycles. The van der Waals surface area contributed by atoms with Crippen LogP contribution in [-0.2, 0) is 25.9 Å². The van der Waals surface area contributed by atoms with Gasteiger partial charge in [-0.05, 0) is 51.3 Å². The van der Waals surface area contributed by atoms with Crippen molar-refractivity contribution in [3.63, 3.8) is 0 Å². The fraction of sp³-hybridized carbons (Fsp3) is 0.583. The van der Waals surface area contributed by atoms with Gasteiger partial charge in [-0.2, -0.15) is 0 Å². The summed E-state index contributed by atoms with van der Waals surface area (Å²) in [6.07, 6.45) is 6.97. The Morgan fingerprint density at radius 2 is 1.91 bits per heavy atom. The Morgan fingerprint density at radius 3 is 2.55 bits per heavy atom. The van der Waals surface area contributed by atoms with Crippen LogP contribution in [0.5, 0.6) is 0 Å². The summed E-state index contributed by atoms with van der Waals surface area (Å²) in [5.74, 6) is 0.0280. The van der Waals surface area contributed by atoms with Crippen molar-refractivity contribution >= 4 is 21.7 Å². The van der Waals surface area contributed by atoms with Gasteiger partial charge in [0, 0.05) is 23.5 Å². The summed E-state index contributed by atoms with van der Waals surface area (Å²) in [7, 11) is -3.13. The van der Waals surface area contributed by atoms with Gasteiger partial charge in [-0.3, -0.25) is 4.79 Å². The smallest absolute Gasteiger partial charge is 0.340 e. The van der Waals surface area contributed by atoms with Crippen LogP contribution >= 0.6 is 0 Å². The Morgan fingerprint density at radius 1 is 1.15 bits per heavy atom. The molecule has 2 aromatic rings. The number of amides is 1. The van der Waals surface area contributed by atoms with Crippen LogP contribution in [0.1, 0.15) is 66.0 Å². The van der Waals surface area contributed by atoms with E-state index in [0.717, 1.165) is 49.3 Å². The second-order valence-corrected chi connectivity index (χ2v) is 11.4. The minimum atomic E-state index is -3.13. The maximum atomic E-state index is 13.2. The van der Waals surface area contributed by atoms with Crippen LogP contribution in [0.25, 0.3) is 0 Å². The van der Waals surface area contributed by atoms with Crippen LogP contribution in [0.15, 0.2) is 28.9 Å². The van der Waals surface area contributed by atoms with Crippen LogP contribution < -0.4 is 0 Å². The fourth-order valence-corrected chi connectivity index (χ4v) is 6.86. The van der Waals surface area contributed by atoms with Crippen molar-refractivity contribution in [1.82, 2.24) is 9.47 Å². The lowest BCUT2D eigenvalue weighted by atomic mass is 9.93. The van der Waals surface area contributed by atoms with Crippen LogP contribution in [-0.4, -0.2) is 60.0 Å². The molecule has 180 valence electrons. The van der Waals surface area contributed by atoms with E-state index in [1.54, 1.807) is 17.2 Å². The maximum Gasteiger partial charge on any atom is 0.340 e. The number of carbonyl (C=O) groups excluding carboxylic acids is 2. The van der Waals surface area contributed by atoms with E-state index in [0.29, 0.717) is 18.5 Å². The van der Waals surface area contributed by atoms with Gasteiger partial charge in [-0.25, -0.2) is 13.2 Å². The average molecular weight is 477 g/mol. The standard InChI is InChI=1S/C24H32N2O6S/c1-17-13-22(18(2)25(17)14-21-9-6-11-31-21)24(28)32-15-23(27)26(19-7-4-3-5-8-19)20-10-12-33(29,30)16-20/h6,9,11,13,19-20H,3-5,7-8,10,12,14-16H2,1-2H3. The summed E-state index contributed by atoms with van der Waals surface area (Å²) in [5, 5.41) is 0. The van der Waals surface area contributed by atoms with Gasteiger partial charge in [-0.15, -0.1) is 0 Å². The number of esters is 1. The van der Waals surface area contributed by atoms with E-state index in [2.05, 4.69) is 0 Å². The molecule has 1 aliphatic carbocycles. The van der Waals surface area contributed by atoms with E-state index >= 15 is 0 Å². The lowest BCUT2D eigenvalue weighted by Crippen LogP contribution is -2.50. The second kappa shape index (κ2) is 9.75. The van der Waals surface area contributed by atoms with Gasteiger partial charge in [0.1, 0.15) is 5.76 Å². The Labute approximate surface area is 194 Å². The van der Waals surface area contributed by atoms with E-state index in [4.69, 9.17) is 9.15 Å². The number of ether oxygens (including phenoxy) is 1. The summed E-state index contributed by atoms with van der Waals surface area (Å²) in [6.45, 7) is 3.87. The minimum Gasteiger partial charge on any atom is -0.467 e. The second-order valence-electron chi connectivity index (χ2n) is 9.18. The quantitative estimate of drug-likeness (QED) is 0.569. The lowest BCUT2D eigenvalue weighted by Gasteiger charge is -2.38. The summed E-state index contributed by atoms with van der Waals surface area (Å²) >= 11 is 0. The molecule has 1 aliphatic heterocycles. The predicted octanol–water partition coefficient (Wildman–Crippen LogP) is 3.25. The van der Waals surface area contributed by atoms with Crippen LogP contribution in [0, 0.1) is 13.8 Å². The van der Waals surface area contributed by atoms with Crippen LogP contribution in [0.4, 0.5) is 0 Å². The molecule has 0 spiro atoms. The first-order valence-corrected chi connectivity index (χ1v) is 13.4. The number of hydrogen-bond acceptors (Lipinski definition) is 6. The molecule has 2 aromatic heterocycles. The molecule has 1 unspecified atom stereocenters. The predicted molar refractivity (Wildman–Crippen MR) is 123 cm³/mol. The van der Waals surface area contributed by atoms with Crippen LogP contribution in [0.2, 0.25) is 0 Å². The van der Waals surface area contributed by atoms with E-state index in [1.165, 1.54) is 0 Å². The van der Waals surface area contributed by atoms with E-state index in [9.17, 15) is 18.0 Å². The molecule has 1 atom stereocenters. The summed E-state index contributed by atoms with van der Waals surface area (Å²) in [6, 6.07) is 5.13. The number of furan rings is 1. The zero-order chi connectivity index (χ0) is 23.6. The summed E-state index contributed by atoms with van der Waals surface area (Å²) in [4.78, 5) is 27.7. The van der Waals surface area contributed by atoms with Gasteiger partial charge < -0.3 is 18.6 Å². The third-order valence-corrected chi connectivity index (χ3v) is 8.62. The van der Waals surface area contributed by atoms with E-state index in [-0.39, 0.29) is 36.1 Å². The van der Waals surface area contributed by atoms with Crippen molar-refractivity contribution in [3.8, 4) is 0 Å². The average Bonchev–Trinajstić information content (AvgIpc) is 3.49. The highest BCUT2D eigenvalue weighted by Crippen LogP contribution is 2.28. The van der Waals surface area contributed by atoms with E-state index in [1.807, 2.05) is 30.5 Å². The maximum absolute atomic E-state index is 13.2. The molecule has 2 fully saturated rings. The highest BCUT2D eigenvalue weighted by atomic mass is 32.2. The van der Waals surface area contributed by atoms with Crippen molar-refractivity contribution in [3.05, 3.63) is 47.2 Å². The Bertz CT molecular complexity index is 1100. The van der Waals surface area contributed by atoms with Crippen LogP contribution in [0.3, 0.4) is 0 Å². The van der Waals surface area contributed by atoms with Gasteiger partial charge in [0.05, 0.1) is 29.9 Å². The van der Waals surface area contributed by atoms with Gasteiger partial charge in [0.15, 0.2) is 16.4 Å². The molecule has 0 bridgehead atoms. The lowest BCUT2D eigenvalue weighted by molar-refractivity contribution is -0.140. The Balaban J connectivity index is 1.44. The highest BCUT2D eigenvalue weighted by Gasteiger charge is 2.38. The SMILES string of the molecule is Cc1cc(C(=O)OCC(=O)N(C2CCCCC2)C2CCS(=O)(=O)C2)c(C)n1Cc1ccco1. The first-order valence-electron chi connectivity index (χ1n) is 11.6.